The maximum Gasteiger partial charge on any atom is 0.270 e. The molecule has 0 saturated heterocycles. The van der Waals surface area contributed by atoms with Crippen LogP contribution in [0.3, 0.4) is 0 Å². The van der Waals surface area contributed by atoms with Crippen LogP contribution >= 0.6 is 0 Å². The van der Waals surface area contributed by atoms with E-state index in [1.54, 1.807) is 19.1 Å². The summed E-state index contributed by atoms with van der Waals surface area (Å²) in [5.41, 5.74) is 1.32. The van der Waals surface area contributed by atoms with Crippen LogP contribution in [-0.4, -0.2) is 16.0 Å². The molecule has 0 aliphatic carbocycles. The SMILES string of the molecule is Cc1cc(CNC(=O)c2ccc(C#N)cn2)no1. The third kappa shape index (κ3) is 2.71. The van der Waals surface area contributed by atoms with Crippen molar-refractivity contribution in [2.24, 2.45) is 0 Å². The number of nitriles is 1. The van der Waals surface area contributed by atoms with Gasteiger partial charge in [-0.1, -0.05) is 5.16 Å². The van der Waals surface area contributed by atoms with E-state index in [0.29, 0.717) is 17.0 Å². The Morgan fingerprint density at radius 2 is 2.39 bits per heavy atom. The molecule has 2 aromatic heterocycles. The number of aryl methyl sites for hydroxylation is 1. The minimum Gasteiger partial charge on any atom is -0.361 e. The minimum absolute atomic E-state index is 0.259. The van der Waals surface area contributed by atoms with E-state index >= 15 is 0 Å². The van der Waals surface area contributed by atoms with Gasteiger partial charge in [-0.3, -0.25) is 4.79 Å². The zero-order valence-electron chi connectivity index (χ0n) is 9.67. The lowest BCUT2D eigenvalue weighted by Gasteiger charge is -2.01. The first-order chi connectivity index (χ1) is 8.69. The maximum atomic E-state index is 11.7. The molecule has 0 spiro atoms. The summed E-state index contributed by atoms with van der Waals surface area (Å²) >= 11 is 0. The molecule has 2 rings (SSSR count). The highest BCUT2D eigenvalue weighted by atomic mass is 16.5. The molecular weight excluding hydrogens is 232 g/mol. The average molecular weight is 242 g/mol. The van der Waals surface area contributed by atoms with Crippen molar-refractivity contribution in [1.29, 1.82) is 5.26 Å². The number of amides is 1. The van der Waals surface area contributed by atoms with Crippen molar-refractivity contribution in [1.82, 2.24) is 15.5 Å². The molecular formula is C12H10N4O2. The summed E-state index contributed by atoms with van der Waals surface area (Å²) < 4.78 is 4.88. The molecule has 0 bridgehead atoms. The average Bonchev–Trinajstić information content (AvgIpc) is 2.82. The lowest BCUT2D eigenvalue weighted by molar-refractivity contribution is 0.0945. The Labute approximate surface area is 103 Å². The molecule has 2 aromatic rings. The third-order valence-corrected chi connectivity index (χ3v) is 2.23. The molecule has 0 radical (unpaired) electrons. The van der Waals surface area contributed by atoms with Gasteiger partial charge in [0.1, 0.15) is 23.2 Å². The Morgan fingerprint density at radius 1 is 1.56 bits per heavy atom. The van der Waals surface area contributed by atoms with Crippen molar-refractivity contribution in [2.45, 2.75) is 13.5 Å². The van der Waals surface area contributed by atoms with Gasteiger partial charge in [-0.15, -0.1) is 0 Å². The van der Waals surface area contributed by atoms with E-state index in [9.17, 15) is 4.79 Å². The lowest BCUT2D eigenvalue weighted by atomic mass is 10.2. The fourth-order valence-electron chi connectivity index (χ4n) is 1.36. The molecule has 0 saturated carbocycles. The Kier molecular flexibility index (Phi) is 3.34. The van der Waals surface area contributed by atoms with Gasteiger partial charge in [0.15, 0.2) is 0 Å². The van der Waals surface area contributed by atoms with E-state index in [4.69, 9.17) is 9.78 Å². The second-order valence-electron chi connectivity index (χ2n) is 3.66. The number of nitrogens with zero attached hydrogens (tertiary/aromatic N) is 3. The first-order valence-electron chi connectivity index (χ1n) is 5.25. The van der Waals surface area contributed by atoms with Crippen LogP contribution in [0.4, 0.5) is 0 Å². The molecule has 6 nitrogen and oxygen atoms in total. The van der Waals surface area contributed by atoms with Gasteiger partial charge in [0.2, 0.25) is 0 Å². The number of rotatable bonds is 3. The fourth-order valence-corrected chi connectivity index (χ4v) is 1.36. The predicted molar refractivity (Wildman–Crippen MR) is 61.4 cm³/mol. The topological polar surface area (TPSA) is 91.8 Å². The van der Waals surface area contributed by atoms with Crippen molar-refractivity contribution < 1.29 is 9.32 Å². The van der Waals surface area contributed by atoms with E-state index in [1.165, 1.54) is 12.3 Å². The number of hydrogen-bond acceptors (Lipinski definition) is 5. The van der Waals surface area contributed by atoms with Crippen molar-refractivity contribution in [2.75, 3.05) is 0 Å². The Hall–Kier alpha value is -2.68. The van der Waals surface area contributed by atoms with Crippen LogP contribution in [0.15, 0.2) is 28.9 Å². The second-order valence-corrected chi connectivity index (χ2v) is 3.66. The van der Waals surface area contributed by atoms with Crippen LogP contribution in [0, 0.1) is 18.3 Å². The van der Waals surface area contributed by atoms with Crippen LogP contribution in [0.1, 0.15) is 27.5 Å². The number of carbonyl (C=O) groups excluding carboxylic acids is 1. The van der Waals surface area contributed by atoms with Gasteiger partial charge < -0.3 is 9.84 Å². The summed E-state index contributed by atoms with van der Waals surface area (Å²) in [7, 11) is 0. The number of aromatic nitrogens is 2. The van der Waals surface area contributed by atoms with Crippen LogP contribution in [0.2, 0.25) is 0 Å². The number of nitrogens with one attached hydrogen (secondary N) is 1. The molecule has 2 heterocycles. The molecule has 1 N–H and O–H groups in total. The predicted octanol–water partition coefficient (Wildman–Crippen LogP) is 1.18. The minimum atomic E-state index is -0.319. The quantitative estimate of drug-likeness (QED) is 0.872. The van der Waals surface area contributed by atoms with Gasteiger partial charge in [-0.2, -0.15) is 5.26 Å². The zero-order chi connectivity index (χ0) is 13.0. The molecule has 90 valence electrons. The van der Waals surface area contributed by atoms with Crippen molar-refractivity contribution in [3.05, 3.63) is 47.1 Å². The highest BCUT2D eigenvalue weighted by Gasteiger charge is 2.08. The largest absolute Gasteiger partial charge is 0.361 e. The normalized spacial score (nSPS) is 9.78. The monoisotopic (exact) mass is 242 g/mol. The van der Waals surface area contributed by atoms with Crippen LogP contribution in [0.5, 0.6) is 0 Å². The maximum absolute atomic E-state index is 11.7. The van der Waals surface area contributed by atoms with E-state index in [-0.39, 0.29) is 18.1 Å². The van der Waals surface area contributed by atoms with Gasteiger partial charge in [-0.25, -0.2) is 4.98 Å². The first-order valence-corrected chi connectivity index (χ1v) is 5.25. The Bertz CT molecular complexity index is 595. The third-order valence-electron chi connectivity index (χ3n) is 2.23. The number of hydrogen-bond donors (Lipinski definition) is 1. The van der Waals surface area contributed by atoms with Crippen molar-refractivity contribution in [3.8, 4) is 6.07 Å². The smallest absolute Gasteiger partial charge is 0.270 e. The van der Waals surface area contributed by atoms with Crippen molar-refractivity contribution in [3.63, 3.8) is 0 Å². The fraction of sp³-hybridized carbons (Fsp3) is 0.167. The molecule has 0 aliphatic rings. The van der Waals surface area contributed by atoms with Gasteiger partial charge >= 0.3 is 0 Å². The summed E-state index contributed by atoms with van der Waals surface area (Å²) in [4.78, 5) is 15.6. The Morgan fingerprint density at radius 3 is 2.94 bits per heavy atom. The zero-order valence-corrected chi connectivity index (χ0v) is 9.67. The highest BCUT2D eigenvalue weighted by molar-refractivity contribution is 5.92. The van der Waals surface area contributed by atoms with E-state index < -0.39 is 0 Å². The number of pyridine rings is 1. The Balaban J connectivity index is 1.97. The van der Waals surface area contributed by atoms with E-state index in [1.807, 2.05) is 6.07 Å². The first kappa shape index (κ1) is 11.8. The van der Waals surface area contributed by atoms with Gasteiger partial charge in [0, 0.05) is 12.3 Å². The van der Waals surface area contributed by atoms with Crippen LogP contribution < -0.4 is 5.32 Å². The lowest BCUT2D eigenvalue weighted by Crippen LogP contribution is -2.23. The van der Waals surface area contributed by atoms with Gasteiger partial charge in [0.05, 0.1) is 12.1 Å². The highest BCUT2D eigenvalue weighted by Crippen LogP contribution is 2.02. The molecule has 6 heteroatoms. The standard InChI is InChI=1S/C12H10N4O2/c1-8-4-10(16-18-8)7-15-12(17)11-3-2-9(5-13)6-14-11/h2-4,6H,7H2,1H3,(H,15,17). The molecule has 0 aliphatic heterocycles. The molecule has 0 unspecified atom stereocenters. The molecule has 18 heavy (non-hydrogen) atoms. The molecule has 0 aromatic carbocycles. The van der Waals surface area contributed by atoms with Gasteiger partial charge in [-0.05, 0) is 19.1 Å². The summed E-state index contributed by atoms with van der Waals surface area (Å²) in [6.45, 7) is 2.05. The molecule has 0 fully saturated rings. The van der Waals surface area contributed by atoms with Crippen molar-refractivity contribution >= 4 is 5.91 Å². The van der Waals surface area contributed by atoms with E-state index in [2.05, 4.69) is 15.5 Å². The van der Waals surface area contributed by atoms with Crippen LogP contribution in [0.25, 0.3) is 0 Å². The van der Waals surface area contributed by atoms with Gasteiger partial charge in [0.25, 0.3) is 5.91 Å². The van der Waals surface area contributed by atoms with E-state index in [0.717, 1.165) is 0 Å². The summed E-state index contributed by atoms with van der Waals surface area (Å²) in [5, 5.41) is 15.0. The summed E-state index contributed by atoms with van der Waals surface area (Å²) in [6.07, 6.45) is 1.36. The number of carbonyl (C=O) groups is 1. The second kappa shape index (κ2) is 5.10. The molecule has 0 atom stereocenters. The summed E-state index contributed by atoms with van der Waals surface area (Å²) in [5.74, 6) is 0.371. The summed E-state index contributed by atoms with van der Waals surface area (Å²) in [6, 6.07) is 6.73. The van der Waals surface area contributed by atoms with Crippen LogP contribution in [-0.2, 0) is 6.54 Å². The molecule has 1 amide bonds.